The summed E-state index contributed by atoms with van der Waals surface area (Å²) in [4.78, 5) is 22.2. The fraction of sp³-hybridized carbons (Fsp3) is 0.308. The first-order valence-electron chi connectivity index (χ1n) is 11.4. The topological polar surface area (TPSA) is 54.9 Å². The van der Waals surface area contributed by atoms with Gasteiger partial charge in [-0.1, -0.05) is 57.6 Å². The van der Waals surface area contributed by atoms with E-state index in [1.807, 2.05) is 54.6 Å². The van der Waals surface area contributed by atoms with Crippen LogP contribution >= 0.6 is 39.7 Å². The van der Waals surface area contributed by atoms with Gasteiger partial charge in [-0.15, -0.1) is 12.4 Å². The monoisotopic (exact) mass is 575 g/mol. The number of amides is 1. The normalized spacial score (nSPS) is 14.1. The van der Waals surface area contributed by atoms with Gasteiger partial charge in [-0.3, -0.25) is 14.6 Å². The number of carbonyl (C=O) groups excluding carboxylic acids is 1. The van der Waals surface area contributed by atoms with Crippen LogP contribution in [0.15, 0.2) is 65.1 Å². The molecule has 1 amide bonds. The van der Waals surface area contributed by atoms with Gasteiger partial charge in [-0.25, -0.2) is 4.98 Å². The van der Waals surface area contributed by atoms with E-state index in [2.05, 4.69) is 26.9 Å². The minimum atomic E-state index is -0.0896. The van der Waals surface area contributed by atoms with Crippen LogP contribution in [0.1, 0.15) is 6.42 Å². The van der Waals surface area contributed by atoms with Crippen LogP contribution in [0.2, 0.25) is 0 Å². The molecule has 4 aromatic rings. The Balaban J connectivity index is 0.00000289. The van der Waals surface area contributed by atoms with Gasteiger partial charge in [0.25, 0.3) is 5.91 Å². The third-order valence-corrected chi connectivity index (χ3v) is 7.45. The van der Waals surface area contributed by atoms with Crippen molar-refractivity contribution in [3.63, 3.8) is 0 Å². The maximum atomic E-state index is 13.3. The first-order chi connectivity index (χ1) is 16.7. The Morgan fingerprint density at radius 3 is 2.71 bits per heavy atom. The second kappa shape index (κ2) is 12.1. The molecule has 6 nitrogen and oxygen atoms in total. The number of rotatable bonds is 8. The number of thiazole rings is 1. The van der Waals surface area contributed by atoms with E-state index in [-0.39, 0.29) is 24.9 Å². The molecule has 0 unspecified atom stereocenters. The second-order valence-corrected chi connectivity index (χ2v) is 10.2. The van der Waals surface area contributed by atoms with Crippen LogP contribution in [-0.4, -0.2) is 61.8 Å². The molecular formula is C26H27BrClN3O3S. The van der Waals surface area contributed by atoms with E-state index in [0.717, 1.165) is 64.7 Å². The summed E-state index contributed by atoms with van der Waals surface area (Å²) in [5.41, 5.74) is 0.893. The number of benzene rings is 3. The molecule has 0 spiro atoms. The predicted molar refractivity (Wildman–Crippen MR) is 148 cm³/mol. The van der Waals surface area contributed by atoms with Gasteiger partial charge in [0.15, 0.2) is 11.7 Å². The average Bonchev–Trinajstić information content (AvgIpc) is 3.28. The molecule has 0 saturated carbocycles. The second-order valence-electron chi connectivity index (χ2n) is 8.26. The highest BCUT2D eigenvalue weighted by molar-refractivity contribution is 9.10. The number of nitrogens with zero attached hydrogens (tertiary/aromatic N) is 3. The Morgan fingerprint density at radius 1 is 1.09 bits per heavy atom. The van der Waals surface area contributed by atoms with E-state index in [1.54, 1.807) is 4.90 Å². The quantitative estimate of drug-likeness (QED) is 0.267. The molecule has 0 radical (unpaired) electrons. The number of halogens is 2. The molecule has 1 fully saturated rings. The lowest BCUT2D eigenvalue weighted by Crippen LogP contribution is -2.40. The molecule has 35 heavy (non-hydrogen) atoms. The van der Waals surface area contributed by atoms with Crippen LogP contribution in [0.5, 0.6) is 5.75 Å². The molecule has 184 valence electrons. The lowest BCUT2D eigenvalue weighted by atomic mass is 10.1. The average molecular weight is 577 g/mol. The molecule has 1 saturated heterocycles. The summed E-state index contributed by atoms with van der Waals surface area (Å²) in [6, 6.07) is 20.0. The molecule has 1 aromatic heterocycles. The minimum absolute atomic E-state index is 0. The molecule has 5 rings (SSSR count). The van der Waals surface area contributed by atoms with E-state index >= 15 is 0 Å². The summed E-state index contributed by atoms with van der Waals surface area (Å²) in [5, 5.41) is 2.94. The predicted octanol–water partition coefficient (Wildman–Crippen LogP) is 5.77. The van der Waals surface area contributed by atoms with E-state index in [9.17, 15) is 4.79 Å². The van der Waals surface area contributed by atoms with Crippen LogP contribution < -0.4 is 9.64 Å². The van der Waals surface area contributed by atoms with E-state index < -0.39 is 0 Å². The van der Waals surface area contributed by atoms with Crippen molar-refractivity contribution in [2.24, 2.45) is 0 Å². The zero-order valence-electron chi connectivity index (χ0n) is 19.2. The van der Waals surface area contributed by atoms with Crippen molar-refractivity contribution in [3.8, 4) is 5.75 Å². The zero-order valence-corrected chi connectivity index (χ0v) is 22.4. The third-order valence-electron chi connectivity index (χ3n) is 5.91. The Hall–Kier alpha value is -2.23. The Bertz CT molecular complexity index is 1300. The molecule has 1 aliphatic heterocycles. The lowest BCUT2D eigenvalue weighted by molar-refractivity contribution is -0.120. The molecular weight excluding hydrogens is 550 g/mol. The molecule has 9 heteroatoms. The van der Waals surface area contributed by atoms with Crippen molar-refractivity contribution in [2.75, 3.05) is 50.9 Å². The summed E-state index contributed by atoms with van der Waals surface area (Å²) in [6.07, 6.45) is 0.862. The Morgan fingerprint density at radius 2 is 1.89 bits per heavy atom. The van der Waals surface area contributed by atoms with Gasteiger partial charge >= 0.3 is 0 Å². The first-order valence-corrected chi connectivity index (χ1v) is 13.0. The summed E-state index contributed by atoms with van der Waals surface area (Å²) < 4.78 is 13.4. The maximum absolute atomic E-state index is 13.3. The highest BCUT2D eigenvalue weighted by atomic mass is 79.9. The number of hydrogen-bond acceptors (Lipinski definition) is 6. The van der Waals surface area contributed by atoms with Gasteiger partial charge in [-0.05, 0) is 47.5 Å². The van der Waals surface area contributed by atoms with Crippen LogP contribution in [0.25, 0.3) is 21.0 Å². The van der Waals surface area contributed by atoms with Gasteiger partial charge < -0.3 is 9.47 Å². The van der Waals surface area contributed by atoms with Gasteiger partial charge in [0, 0.05) is 30.7 Å². The zero-order chi connectivity index (χ0) is 23.3. The van der Waals surface area contributed by atoms with Crippen molar-refractivity contribution in [1.82, 2.24) is 9.88 Å². The van der Waals surface area contributed by atoms with Crippen molar-refractivity contribution in [2.45, 2.75) is 6.42 Å². The van der Waals surface area contributed by atoms with Crippen molar-refractivity contribution in [1.29, 1.82) is 0 Å². The van der Waals surface area contributed by atoms with Gasteiger partial charge in [-0.2, -0.15) is 0 Å². The summed E-state index contributed by atoms with van der Waals surface area (Å²) in [7, 11) is 0. The summed E-state index contributed by atoms with van der Waals surface area (Å²) in [6.45, 7) is 4.91. The van der Waals surface area contributed by atoms with E-state index in [0.29, 0.717) is 17.4 Å². The summed E-state index contributed by atoms with van der Waals surface area (Å²) >= 11 is 5.06. The molecule has 1 aliphatic rings. The molecule has 0 N–H and O–H groups in total. The molecule has 0 atom stereocenters. The van der Waals surface area contributed by atoms with Gasteiger partial charge in [0.05, 0.1) is 23.4 Å². The van der Waals surface area contributed by atoms with Crippen LogP contribution in [0.3, 0.4) is 0 Å². The number of morpholine rings is 1. The fourth-order valence-electron chi connectivity index (χ4n) is 4.09. The van der Waals surface area contributed by atoms with Crippen LogP contribution in [0, 0.1) is 0 Å². The SMILES string of the molecule is Cl.O=C(COc1ccc2ccccc2c1)N(CCCN1CCOCC1)c1nc2ccc(Br)cc2s1. The number of anilines is 1. The maximum Gasteiger partial charge on any atom is 0.266 e. The Kier molecular flexibility index (Phi) is 8.97. The molecule has 3 aromatic carbocycles. The van der Waals surface area contributed by atoms with E-state index in [4.69, 9.17) is 14.5 Å². The Labute approximate surface area is 223 Å². The van der Waals surface area contributed by atoms with Crippen molar-refractivity contribution in [3.05, 3.63) is 65.1 Å². The molecule has 2 heterocycles. The fourth-order valence-corrected chi connectivity index (χ4v) is 5.65. The lowest BCUT2D eigenvalue weighted by Gasteiger charge is -2.27. The first kappa shape index (κ1) is 25.9. The number of aromatic nitrogens is 1. The highest BCUT2D eigenvalue weighted by Crippen LogP contribution is 2.31. The van der Waals surface area contributed by atoms with Gasteiger partial charge in [0.1, 0.15) is 5.75 Å². The highest BCUT2D eigenvalue weighted by Gasteiger charge is 2.21. The van der Waals surface area contributed by atoms with Crippen molar-refractivity contribution >= 4 is 71.7 Å². The van der Waals surface area contributed by atoms with Crippen molar-refractivity contribution < 1.29 is 14.3 Å². The van der Waals surface area contributed by atoms with Gasteiger partial charge in [0.2, 0.25) is 0 Å². The molecule has 0 aliphatic carbocycles. The van der Waals surface area contributed by atoms with Crippen LogP contribution in [0.4, 0.5) is 5.13 Å². The minimum Gasteiger partial charge on any atom is -0.484 e. The molecule has 0 bridgehead atoms. The summed E-state index contributed by atoms with van der Waals surface area (Å²) in [5.74, 6) is 0.599. The number of carbonyl (C=O) groups is 1. The smallest absolute Gasteiger partial charge is 0.266 e. The standard InChI is InChI=1S/C26H26BrN3O3S.ClH/c27-21-7-9-23-24(17-21)34-26(28-23)30(11-3-10-29-12-14-32-15-13-29)25(31)18-33-22-8-6-19-4-1-2-5-20(19)16-22;/h1-2,4-9,16-17H,3,10-15,18H2;1H. The van der Waals surface area contributed by atoms with E-state index in [1.165, 1.54) is 11.3 Å². The van der Waals surface area contributed by atoms with Crippen LogP contribution in [-0.2, 0) is 9.53 Å². The number of fused-ring (bicyclic) bond motifs is 2. The number of ether oxygens (including phenoxy) is 2. The third kappa shape index (κ3) is 6.51. The number of hydrogen-bond donors (Lipinski definition) is 0. The largest absolute Gasteiger partial charge is 0.484 e.